The second-order valence-electron chi connectivity index (χ2n) is 2.98. The Bertz CT molecular complexity index is 172. The van der Waals surface area contributed by atoms with Crippen molar-refractivity contribution in [1.29, 1.82) is 0 Å². The third kappa shape index (κ3) is 1.79. The number of oxime groups is 1. The molecule has 5 heteroatoms. The largest absolute Gasteiger partial charge is 0.408 e. The first-order chi connectivity index (χ1) is 5.79. The van der Waals surface area contributed by atoms with Crippen molar-refractivity contribution in [2.45, 2.75) is 25.3 Å². The maximum Gasteiger partial charge on any atom is 0.233 e. The van der Waals surface area contributed by atoms with Crippen LogP contribution in [0.4, 0.5) is 0 Å². The molecule has 0 aromatic heterocycles. The van der Waals surface area contributed by atoms with E-state index < -0.39 is 0 Å². The monoisotopic (exact) mass is 173 g/mol. The van der Waals surface area contributed by atoms with Gasteiger partial charge in [0.15, 0.2) is 0 Å². The van der Waals surface area contributed by atoms with Gasteiger partial charge in [-0.05, 0) is 19.3 Å². The molecule has 1 rings (SSSR count). The van der Waals surface area contributed by atoms with E-state index >= 15 is 0 Å². The van der Waals surface area contributed by atoms with Gasteiger partial charge in [-0.25, -0.2) is 0 Å². The van der Waals surface area contributed by atoms with Crippen molar-refractivity contribution in [1.82, 2.24) is 4.90 Å². The van der Waals surface area contributed by atoms with Gasteiger partial charge in [-0.1, -0.05) is 5.16 Å². The van der Waals surface area contributed by atoms with Crippen LogP contribution in [0.1, 0.15) is 19.3 Å². The van der Waals surface area contributed by atoms with Crippen LogP contribution in [0.5, 0.6) is 0 Å². The SMILES string of the molecule is N/C(=N\O)N1CCCCC1CO. The number of nitrogens with zero attached hydrogens (tertiary/aromatic N) is 2. The highest BCUT2D eigenvalue weighted by Crippen LogP contribution is 2.15. The second-order valence-corrected chi connectivity index (χ2v) is 2.98. The molecule has 0 radical (unpaired) electrons. The predicted octanol–water partition coefficient (Wildman–Crippen LogP) is -0.463. The van der Waals surface area contributed by atoms with Crippen molar-refractivity contribution in [3.63, 3.8) is 0 Å². The summed E-state index contributed by atoms with van der Waals surface area (Å²) in [6.07, 6.45) is 3.04. The average Bonchev–Trinajstić information content (AvgIpc) is 2.16. The van der Waals surface area contributed by atoms with Crippen LogP contribution in [-0.2, 0) is 0 Å². The minimum Gasteiger partial charge on any atom is -0.408 e. The van der Waals surface area contributed by atoms with Crippen molar-refractivity contribution in [2.24, 2.45) is 10.9 Å². The van der Waals surface area contributed by atoms with E-state index in [1.165, 1.54) is 0 Å². The fourth-order valence-corrected chi connectivity index (χ4v) is 1.55. The molecule has 0 amide bonds. The van der Waals surface area contributed by atoms with E-state index in [2.05, 4.69) is 5.16 Å². The average molecular weight is 173 g/mol. The molecule has 0 aromatic carbocycles. The number of likely N-dealkylation sites (tertiary alicyclic amines) is 1. The Morgan fingerprint density at radius 1 is 1.58 bits per heavy atom. The van der Waals surface area contributed by atoms with E-state index in [0.717, 1.165) is 25.8 Å². The predicted molar refractivity (Wildman–Crippen MR) is 44.8 cm³/mol. The minimum absolute atomic E-state index is 0.0228. The van der Waals surface area contributed by atoms with E-state index in [4.69, 9.17) is 16.0 Å². The van der Waals surface area contributed by atoms with Crippen molar-refractivity contribution in [3.05, 3.63) is 0 Å². The Hall–Kier alpha value is -0.970. The number of nitrogens with two attached hydrogens (primary N) is 1. The van der Waals surface area contributed by atoms with Crippen LogP contribution in [0.2, 0.25) is 0 Å². The molecule has 1 aliphatic heterocycles. The van der Waals surface area contributed by atoms with Crippen LogP contribution < -0.4 is 5.73 Å². The van der Waals surface area contributed by atoms with Gasteiger partial charge in [-0.15, -0.1) is 0 Å². The highest BCUT2D eigenvalue weighted by Gasteiger charge is 2.23. The summed E-state index contributed by atoms with van der Waals surface area (Å²) in [6.45, 7) is 0.831. The molecule has 1 atom stereocenters. The quantitative estimate of drug-likeness (QED) is 0.217. The molecule has 12 heavy (non-hydrogen) atoms. The molecule has 1 unspecified atom stereocenters. The summed E-state index contributed by atoms with van der Waals surface area (Å²) >= 11 is 0. The third-order valence-corrected chi connectivity index (χ3v) is 2.23. The molecule has 1 saturated heterocycles. The lowest BCUT2D eigenvalue weighted by atomic mass is 10.0. The van der Waals surface area contributed by atoms with Gasteiger partial charge in [0, 0.05) is 6.54 Å². The summed E-state index contributed by atoms with van der Waals surface area (Å²) in [5, 5.41) is 20.3. The number of hydrogen-bond donors (Lipinski definition) is 3. The molecule has 0 aliphatic carbocycles. The topological polar surface area (TPSA) is 82.1 Å². The van der Waals surface area contributed by atoms with Crippen molar-refractivity contribution >= 4 is 5.96 Å². The zero-order valence-corrected chi connectivity index (χ0v) is 6.98. The Labute approximate surface area is 71.5 Å². The summed E-state index contributed by atoms with van der Waals surface area (Å²) in [4.78, 5) is 1.74. The fraction of sp³-hybridized carbons (Fsp3) is 0.857. The molecule has 1 fully saturated rings. The van der Waals surface area contributed by atoms with Gasteiger partial charge < -0.3 is 20.9 Å². The van der Waals surface area contributed by atoms with Gasteiger partial charge in [-0.3, -0.25) is 0 Å². The Kier molecular flexibility index (Phi) is 3.16. The van der Waals surface area contributed by atoms with Gasteiger partial charge in [0.25, 0.3) is 0 Å². The minimum atomic E-state index is 0.0228. The second kappa shape index (κ2) is 4.15. The van der Waals surface area contributed by atoms with E-state index in [1.54, 1.807) is 4.90 Å². The van der Waals surface area contributed by atoms with Gasteiger partial charge in [0.05, 0.1) is 12.6 Å². The van der Waals surface area contributed by atoms with Crippen LogP contribution in [0.15, 0.2) is 5.16 Å². The third-order valence-electron chi connectivity index (χ3n) is 2.23. The van der Waals surface area contributed by atoms with E-state index in [9.17, 15) is 0 Å². The molecule has 5 nitrogen and oxygen atoms in total. The number of rotatable bonds is 1. The summed E-state index contributed by atoms with van der Waals surface area (Å²) in [5.41, 5.74) is 5.43. The van der Waals surface area contributed by atoms with Gasteiger partial charge >= 0.3 is 0 Å². The van der Waals surface area contributed by atoms with Crippen molar-refractivity contribution in [2.75, 3.05) is 13.2 Å². The van der Waals surface area contributed by atoms with E-state index in [0.29, 0.717) is 0 Å². The van der Waals surface area contributed by atoms with Crippen LogP contribution in [0, 0.1) is 0 Å². The van der Waals surface area contributed by atoms with Crippen LogP contribution in [0.3, 0.4) is 0 Å². The molecule has 0 spiro atoms. The maximum absolute atomic E-state index is 8.97. The number of aliphatic hydroxyl groups is 1. The molecular weight excluding hydrogens is 158 g/mol. The van der Waals surface area contributed by atoms with Crippen LogP contribution in [0.25, 0.3) is 0 Å². The van der Waals surface area contributed by atoms with Crippen LogP contribution in [-0.4, -0.2) is 40.4 Å². The number of guanidine groups is 1. The van der Waals surface area contributed by atoms with Crippen LogP contribution >= 0.6 is 0 Å². The van der Waals surface area contributed by atoms with Gasteiger partial charge in [0.1, 0.15) is 0 Å². The Morgan fingerprint density at radius 3 is 2.92 bits per heavy atom. The molecule has 1 heterocycles. The number of piperidine rings is 1. The normalized spacial score (nSPS) is 25.9. The standard InChI is InChI=1S/C7H15N3O2/c8-7(9-12)10-4-2-1-3-6(10)5-11/h6,11-12H,1-5H2,(H2,8,9). The molecule has 0 saturated carbocycles. The Morgan fingerprint density at radius 2 is 2.33 bits per heavy atom. The highest BCUT2D eigenvalue weighted by molar-refractivity contribution is 5.77. The molecular formula is C7H15N3O2. The summed E-state index contributed by atoms with van der Waals surface area (Å²) in [6, 6.07) is 0.0228. The summed E-state index contributed by atoms with van der Waals surface area (Å²) < 4.78 is 0. The number of aliphatic hydroxyl groups excluding tert-OH is 1. The molecule has 1 aliphatic rings. The van der Waals surface area contributed by atoms with Gasteiger partial charge in [-0.2, -0.15) is 0 Å². The summed E-state index contributed by atoms with van der Waals surface area (Å²) in [5.74, 6) is 0.105. The first-order valence-corrected chi connectivity index (χ1v) is 4.14. The Balaban J connectivity index is 2.58. The summed E-state index contributed by atoms with van der Waals surface area (Å²) in [7, 11) is 0. The van der Waals surface area contributed by atoms with Crippen molar-refractivity contribution in [3.8, 4) is 0 Å². The zero-order valence-electron chi connectivity index (χ0n) is 6.98. The number of hydrogen-bond acceptors (Lipinski definition) is 3. The maximum atomic E-state index is 8.97. The molecule has 4 N–H and O–H groups in total. The van der Waals surface area contributed by atoms with E-state index in [1.807, 2.05) is 0 Å². The zero-order chi connectivity index (χ0) is 8.97. The fourth-order valence-electron chi connectivity index (χ4n) is 1.55. The molecule has 0 bridgehead atoms. The first-order valence-electron chi connectivity index (χ1n) is 4.14. The lowest BCUT2D eigenvalue weighted by molar-refractivity contribution is 0.141. The highest BCUT2D eigenvalue weighted by atomic mass is 16.4. The molecule has 0 aromatic rings. The first kappa shape index (κ1) is 9.12. The van der Waals surface area contributed by atoms with Crippen molar-refractivity contribution < 1.29 is 10.3 Å². The lowest BCUT2D eigenvalue weighted by Crippen LogP contribution is -2.49. The van der Waals surface area contributed by atoms with E-state index in [-0.39, 0.29) is 18.6 Å². The molecule has 70 valence electrons. The smallest absolute Gasteiger partial charge is 0.233 e. The van der Waals surface area contributed by atoms with Gasteiger partial charge in [0.2, 0.25) is 5.96 Å². The lowest BCUT2D eigenvalue weighted by Gasteiger charge is -2.34.